The number of hydrogen-bond donors (Lipinski definition) is 1. The van der Waals surface area contributed by atoms with Crippen molar-refractivity contribution >= 4 is 28.5 Å². The molecule has 1 aliphatic heterocycles. The van der Waals surface area contributed by atoms with Crippen molar-refractivity contribution in [2.45, 2.75) is 32.2 Å². The number of nitrogens with one attached hydrogen (secondary N) is 1. The van der Waals surface area contributed by atoms with Gasteiger partial charge in [0.1, 0.15) is 5.76 Å². The molecular formula is C23H22N2O4. The number of hydrogen-bond acceptors (Lipinski definition) is 4. The summed E-state index contributed by atoms with van der Waals surface area (Å²) in [6, 6.07) is 14.6. The number of furan rings is 1. The Hall–Kier alpha value is -3.41. The van der Waals surface area contributed by atoms with E-state index in [0.717, 1.165) is 11.1 Å². The van der Waals surface area contributed by atoms with Crippen LogP contribution in [0, 0.1) is 0 Å². The van der Waals surface area contributed by atoms with E-state index in [2.05, 4.69) is 5.32 Å². The van der Waals surface area contributed by atoms with Crippen molar-refractivity contribution in [3.8, 4) is 0 Å². The molecule has 148 valence electrons. The highest BCUT2D eigenvalue weighted by Crippen LogP contribution is 2.30. The molecule has 1 aromatic heterocycles. The van der Waals surface area contributed by atoms with Crippen LogP contribution in [-0.2, 0) is 11.2 Å². The molecule has 29 heavy (non-hydrogen) atoms. The second-order valence-corrected chi connectivity index (χ2v) is 7.33. The van der Waals surface area contributed by atoms with Crippen molar-refractivity contribution in [1.29, 1.82) is 0 Å². The Kier molecular flexibility index (Phi) is 5.16. The van der Waals surface area contributed by atoms with Crippen LogP contribution < -0.4 is 5.32 Å². The molecule has 6 nitrogen and oxygen atoms in total. The van der Waals surface area contributed by atoms with Crippen LogP contribution in [0.2, 0.25) is 0 Å². The fourth-order valence-electron chi connectivity index (χ4n) is 3.81. The van der Waals surface area contributed by atoms with Gasteiger partial charge in [0.05, 0.1) is 6.26 Å². The lowest BCUT2D eigenvalue weighted by atomic mass is 9.94. The van der Waals surface area contributed by atoms with Crippen LogP contribution in [0.3, 0.4) is 0 Å². The van der Waals surface area contributed by atoms with E-state index in [1.165, 1.54) is 4.90 Å². The van der Waals surface area contributed by atoms with Gasteiger partial charge in [-0.25, -0.2) is 0 Å². The number of carbonyl (C=O) groups is 3. The number of carbonyl (C=O) groups excluding carboxylic acids is 3. The van der Waals surface area contributed by atoms with E-state index in [1.54, 1.807) is 18.4 Å². The average molecular weight is 390 g/mol. The van der Waals surface area contributed by atoms with Gasteiger partial charge in [0, 0.05) is 41.9 Å². The van der Waals surface area contributed by atoms with E-state index in [4.69, 9.17) is 4.42 Å². The molecule has 3 amide bonds. The Morgan fingerprint density at radius 1 is 1.03 bits per heavy atom. The van der Waals surface area contributed by atoms with Crippen molar-refractivity contribution in [3.63, 3.8) is 0 Å². The van der Waals surface area contributed by atoms with Gasteiger partial charge >= 0.3 is 0 Å². The van der Waals surface area contributed by atoms with Gasteiger partial charge in [-0.3, -0.25) is 19.3 Å². The second kappa shape index (κ2) is 7.91. The SMILES string of the molecule is CC(Cc1ccco1)NC(=O)CCCN1C(=O)c2cccc3cccc(c23)C1=O. The van der Waals surface area contributed by atoms with Gasteiger partial charge in [-0.15, -0.1) is 0 Å². The number of nitrogens with zero attached hydrogens (tertiary/aromatic N) is 1. The minimum absolute atomic E-state index is 0.0589. The number of benzene rings is 2. The summed E-state index contributed by atoms with van der Waals surface area (Å²) in [5, 5.41) is 4.52. The summed E-state index contributed by atoms with van der Waals surface area (Å²) in [6.07, 6.45) is 2.87. The maximum absolute atomic E-state index is 12.8. The van der Waals surface area contributed by atoms with Crippen molar-refractivity contribution in [2.24, 2.45) is 0 Å². The van der Waals surface area contributed by atoms with Gasteiger partial charge < -0.3 is 9.73 Å². The first-order valence-corrected chi connectivity index (χ1v) is 9.74. The van der Waals surface area contributed by atoms with Gasteiger partial charge in [-0.1, -0.05) is 24.3 Å². The fourth-order valence-corrected chi connectivity index (χ4v) is 3.81. The van der Waals surface area contributed by atoms with E-state index in [-0.39, 0.29) is 36.7 Å². The van der Waals surface area contributed by atoms with Gasteiger partial charge in [-0.05, 0) is 43.0 Å². The third-order valence-electron chi connectivity index (χ3n) is 5.14. The van der Waals surface area contributed by atoms with E-state index >= 15 is 0 Å². The first-order chi connectivity index (χ1) is 14.0. The largest absolute Gasteiger partial charge is 0.469 e. The minimum atomic E-state index is -0.300. The molecule has 0 fully saturated rings. The Morgan fingerprint density at radius 3 is 2.34 bits per heavy atom. The summed E-state index contributed by atoms with van der Waals surface area (Å²) >= 11 is 0. The minimum Gasteiger partial charge on any atom is -0.469 e. The third-order valence-corrected chi connectivity index (χ3v) is 5.14. The quantitative estimate of drug-likeness (QED) is 0.626. The van der Waals surface area contributed by atoms with Gasteiger partial charge in [0.2, 0.25) is 5.91 Å². The van der Waals surface area contributed by atoms with Crippen LogP contribution >= 0.6 is 0 Å². The van der Waals surface area contributed by atoms with E-state index < -0.39 is 0 Å². The lowest BCUT2D eigenvalue weighted by molar-refractivity contribution is -0.121. The molecule has 0 saturated carbocycles. The number of rotatable bonds is 7. The predicted molar refractivity (Wildman–Crippen MR) is 109 cm³/mol. The summed E-state index contributed by atoms with van der Waals surface area (Å²) in [6.45, 7) is 2.12. The Morgan fingerprint density at radius 2 is 1.72 bits per heavy atom. The standard InChI is InChI=1S/C23H22N2O4/c1-15(14-17-8-5-13-29-17)24-20(26)11-4-12-25-22(27)18-9-2-6-16-7-3-10-19(21(16)18)23(25)28/h2-3,5-10,13,15H,4,11-12,14H2,1H3,(H,24,26). The second-order valence-electron chi connectivity index (χ2n) is 7.33. The maximum atomic E-state index is 12.8. The predicted octanol–water partition coefficient (Wildman–Crippen LogP) is 3.56. The zero-order valence-corrected chi connectivity index (χ0v) is 16.2. The summed E-state index contributed by atoms with van der Waals surface area (Å²) in [5.74, 6) is 0.107. The van der Waals surface area contributed by atoms with Crippen molar-refractivity contribution in [3.05, 3.63) is 71.7 Å². The molecule has 1 atom stereocenters. The average Bonchev–Trinajstić information content (AvgIpc) is 3.21. The Labute approximate surface area is 168 Å². The van der Waals surface area contributed by atoms with Gasteiger partial charge in [0.25, 0.3) is 11.8 Å². The van der Waals surface area contributed by atoms with Crippen LogP contribution in [0.15, 0.2) is 59.2 Å². The highest BCUT2D eigenvalue weighted by atomic mass is 16.3. The zero-order valence-electron chi connectivity index (χ0n) is 16.2. The molecule has 4 rings (SSSR count). The molecule has 2 heterocycles. The van der Waals surface area contributed by atoms with Crippen molar-refractivity contribution in [1.82, 2.24) is 10.2 Å². The Balaban J connectivity index is 1.36. The molecule has 6 heteroatoms. The molecule has 2 aromatic carbocycles. The van der Waals surface area contributed by atoms with Crippen LogP contribution in [0.4, 0.5) is 0 Å². The molecule has 3 aromatic rings. The van der Waals surface area contributed by atoms with Crippen LogP contribution in [0.1, 0.15) is 46.2 Å². The van der Waals surface area contributed by atoms with Crippen molar-refractivity contribution in [2.75, 3.05) is 6.54 Å². The zero-order chi connectivity index (χ0) is 20.4. The van der Waals surface area contributed by atoms with Gasteiger partial charge in [-0.2, -0.15) is 0 Å². The molecule has 1 aliphatic rings. The van der Waals surface area contributed by atoms with Crippen LogP contribution in [0.5, 0.6) is 0 Å². The topological polar surface area (TPSA) is 79.6 Å². The van der Waals surface area contributed by atoms with Gasteiger partial charge in [0.15, 0.2) is 0 Å². The summed E-state index contributed by atoms with van der Waals surface area (Å²) < 4.78 is 5.29. The van der Waals surface area contributed by atoms with E-state index in [1.807, 2.05) is 43.3 Å². The van der Waals surface area contributed by atoms with Crippen LogP contribution in [-0.4, -0.2) is 35.2 Å². The molecule has 1 N–H and O–H groups in total. The maximum Gasteiger partial charge on any atom is 0.261 e. The molecule has 1 unspecified atom stereocenters. The van der Waals surface area contributed by atoms with Crippen LogP contribution in [0.25, 0.3) is 10.8 Å². The number of imide groups is 1. The molecular weight excluding hydrogens is 368 g/mol. The smallest absolute Gasteiger partial charge is 0.261 e. The highest BCUT2D eigenvalue weighted by molar-refractivity contribution is 6.25. The first-order valence-electron chi connectivity index (χ1n) is 9.74. The molecule has 0 bridgehead atoms. The molecule has 0 saturated heterocycles. The Bertz CT molecular complexity index is 1020. The third kappa shape index (κ3) is 3.78. The summed E-state index contributed by atoms with van der Waals surface area (Å²) in [7, 11) is 0. The lowest BCUT2D eigenvalue weighted by Crippen LogP contribution is -2.41. The monoisotopic (exact) mass is 390 g/mol. The molecule has 0 spiro atoms. The fraction of sp³-hybridized carbons (Fsp3) is 0.261. The van der Waals surface area contributed by atoms with E-state index in [9.17, 15) is 14.4 Å². The van der Waals surface area contributed by atoms with Crippen molar-refractivity contribution < 1.29 is 18.8 Å². The summed E-state index contributed by atoms with van der Waals surface area (Å²) in [4.78, 5) is 39.1. The molecule has 0 aliphatic carbocycles. The van der Waals surface area contributed by atoms with E-state index in [0.29, 0.717) is 29.4 Å². The first kappa shape index (κ1) is 18.9. The lowest BCUT2D eigenvalue weighted by Gasteiger charge is -2.27. The normalized spacial score (nSPS) is 14.3. The summed E-state index contributed by atoms with van der Waals surface area (Å²) in [5.41, 5.74) is 1.07. The molecule has 0 radical (unpaired) electrons. The highest BCUT2D eigenvalue weighted by Gasteiger charge is 2.32. The number of amides is 3.